The van der Waals surface area contributed by atoms with E-state index in [0.29, 0.717) is 18.2 Å². The topological polar surface area (TPSA) is 55.1 Å². The number of hydrogen-bond donors (Lipinski definition) is 1. The zero-order valence-corrected chi connectivity index (χ0v) is 14.0. The Bertz CT molecular complexity index is 721. The summed E-state index contributed by atoms with van der Waals surface area (Å²) >= 11 is 3.14. The lowest BCUT2D eigenvalue weighted by atomic mass is 9.89. The molecule has 114 valence electrons. The highest BCUT2D eigenvalue weighted by Crippen LogP contribution is 2.36. The van der Waals surface area contributed by atoms with Crippen molar-refractivity contribution in [1.29, 1.82) is 0 Å². The van der Waals surface area contributed by atoms with E-state index in [2.05, 4.69) is 6.92 Å². The SMILES string of the molecule is CCn1c(SCCO)nc2sc3c(c2c1=O)CC[C@@H](C)C3. The summed E-state index contributed by atoms with van der Waals surface area (Å²) in [6.07, 6.45) is 3.23. The van der Waals surface area contributed by atoms with Crippen molar-refractivity contribution in [2.24, 2.45) is 5.92 Å². The van der Waals surface area contributed by atoms with Crippen molar-refractivity contribution in [3.63, 3.8) is 0 Å². The van der Waals surface area contributed by atoms with Crippen LogP contribution in [0.2, 0.25) is 0 Å². The number of fused-ring (bicyclic) bond motifs is 3. The van der Waals surface area contributed by atoms with E-state index in [-0.39, 0.29) is 12.2 Å². The summed E-state index contributed by atoms with van der Waals surface area (Å²) in [6.45, 7) is 4.96. The number of thiophene rings is 1. The quantitative estimate of drug-likeness (QED) is 0.694. The number of aryl methyl sites for hydroxylation is 1. The monoisotopic (exact) mass is 324 g/mol. The molecule has 2 aromatic rings. The maximum atomic E-state index is 12.8. The van der Waals surface area contributed by atoms with Gasteiger partial charge in [-0.2, -0.15) is 0 Å². The lowest BCUT2D eigenvalue weighted by Gasteiger charge is -2.17. The third-order valence-electron chi connectivity index (χ3n) is 4.02. The smallest absolute Gasteiger partial charge is 0.263 e. The molecule has 3 rings (SSSR count). The highest BCUT2D eigenvalue weighted by Gasteiger charge is 2.24. The molecule has 1 aliphatic carbocycles. The van der Waals surface area contributed by atoms with E-state index >= 15 is 0 Å². The number of aliphatic hydroxyl groups excluding tert-OH is 1. The fourth-order valence-corrected chi connectivity index (χ4v) is 5.16. The minimum absolute atomic E-state index is 0.0926. The number of aromatic nitrogens is 2. The van der Waals surface area contributed by atoms with E-state index in [1.165, 1.54) is 22.2 Å². The zero-order chi connectivity index (χ0) is 15.0. The largest absolute Gasteiger partial charge is 0.396 e. The van der Waals surface area contributed by atoms with Gasteiger partial charge in [-0.3, -0.25) is 9.36 Å². The van der Waals surface area contributed by atoms with Gasteiger partial charge >= 0.3 is 0 Å². The lowest BCUT2D eigenvalue weighted by Crippen LogP contribution is -2.23. The second-order valence-electron chi connectivity index (χ2n) is 5.55. The van der Waals surface area contributed by atoms with Gasteiger partial charge in [0, 0.05) is 17.2 Å². The Labute approximate surface area is 132 Å². The van der Waals surface area contributed by atoms with Gasteiger partial charge in [-0.15, -0.1) is 11.3 Å². The highest BCUT2D eigenvalue weighted by atomic mass is 32.2. The van der Waals surface area contributed by atoms with Crippen molar-refractivity contribution in [3.05, 3.63) is 20.8 Å². The predicted molar refractivity (Wildman–Crippen MR) is 88.6 cm³/mol. The van der Waals surface area contributed by atoms with Crippen LogP contribution in [0.3, 0.4) is 0 Å². The molecule has 0 radical (unpaired) electrons. The number of hydrogen-bond acceptors (Lipinski definition) is 5. The van der Waals surface area contributed by atoms with Gasteiger partial charge in [-0.25, -0.2) is 4.98 Å². The van der Waals surface area contributed by atoms with Crippen molar-refractivity contribution >= 4 is 33.3 Å². The average molecular weight is 324 g/mol. The molecule has 21 heavy (non-hydrogen) atoms. The van der Waals surface area contributed by atoms with Crippen LogP contribution in [0.25, 0.3) is 10.2 Å². The van der Waals surface area contributed by atoms with Crippen LogP contribution >= 0.6 is 23.1 Å². The third-order valence-corrected chi connectivity index (χ3v) is 6.12. The number of nitrogens with zero attached hydrogens (tertiary/aromatic N) is 2. The second kappa shape index (κ2) is 6.10. The minimum Gasteiger partial charge on any atom is -0.396 e. The van der Waals surface area contributed by atoms with Crippen LogP contribution in [-0.4, -0.2) is 27.0 Å². The fourth-order valence-electron chi connectivity index (χ4n) is 2.93. The summed E-state index contributed by atoms with van der Waals surface area (Å²) in [4.78, 5) is 19.7. The van der Waals surface area contributed by atoms with Crippen molar-refractivity contribution < 1.29 is 5.11 Å². The molecule has 0 bridgehead atoms. The molecule has 0 aliphatic heterocycles. The minimum atomic E-state index is 0.0926. The maximum Gasteiger partial charge on any atom is 0.263 e. The summed E-state index contributed by atoms with van der Waals surface area (Å²) in [7, 11) is 0. The molecule has 2 aromatic heterocycles. The highest BCUT2D eigenvalue weighted by molar-refractivity contribution is 7.99. The van der Waals surface area contributed by atoms with Crippen LogP contribution in [0, 0.1) is 5.92 Å². The van der Waals surface area contributed by atoms with Crippen molar-refractivity contribution in [2.75, 3.05) is 12.4 Å². The van der Waals surface area contributed by atoms with E-state index in [4.69, 9.17) is 10.1 Å². The Morgan fingerprint density at radius 3 is 3.05 bits per heavy atom. The molecule has 1 atom stereocenters. The lowest BCUT2D eigenvalue weighted by molar-refractivity contribution is 0.322. The van der Waals surface area contributed by atoms with Gasteiger partial charge in [0.2, 0.25) is 0 Å². The Balaban J connectivity index is 2.18. The molecule has 0 fully saturated rings. The van der Waals surface area contributed by atoms with Gasteiger partial charge in [0.1, 0.15) is 4.83 Å². The number of thioether (sulfide) groups is 1. The first-order chi connectivity index (χ1) is 10.2. The molecule has 0 unspecified atom stereocenters. The molecule has 6 heteroatoms. The van der Waals surface area contributed by atoms with Crippen LogP contribution < -0.4 is 5.56 Å². The predicted octanol–water partition coefficient (Wildman–Crippen LogP) is 2.69. The average Bonchev–Trinajstić information content (AvgIpc) is 2.82. The number of rotatable bonds is 4. The summed E-state index contributed by atoms with van der Waals surface area (Å²) in [5.41, 5.74) is 1.33. The van der Waals surface area contributed by atoms with Gasteiger partial charge in [0.15, 0.2) is 5.16 Å². The van der Waals surface area contributed by atoms with Gasteiger partial charge in [-0.05, 0) is 37.7 Å². The summed E-state index contributed by atoms with van der Waals surface area (Å²) < 4.78 is 1.74. The van der Waals surface area contributed by atoms with E-state index in [1.807, 2.05) is 6.92 Å². The third kappa shape index (κ3) is 2.64. The van der Waals surface area contributed by atoms with Crippen LogP contribution in [0.4, 0.5) is 0 Å². The second-order valence-corrected chi connectivity index (χ2v) is 7.69. The van der Waals surface area contributed by atoms with E-state index < -0.39 is 0 Å². The molecule has 0 saturated carbocycles. The van der Waals surface area contributed by atoms with Crippen LogP contribution in [-0.2, 0) is 19.4 Å². The fraction of sp³-hybridized carbons (Fsp3) is 0.600. The maximum absolute atomic E-state index is 12.8. The van der Waals surface area contributed by atoms with Gasteiger partial charge < -0.3 is 5.11 Å². The zero-order valence-electron chi connectivity index (χ0n) is 12.4. The molecule has 0 spiro atoms. The molecular formula is C15H20N2O2S2. The van der Waals surface area contributed by atoms with Gasteiger partial charge in [0.05, 0.1) is 12.0 Å². The first-order valence-corrected chi connectivity index (χ1v) is 9.24. The Morgan fingerprint density at radius 2 is 2.33 bits per heavy atom. The molecule has 2 heterocycles. The Morgan fingerprint density at radius 1 is 1.52 bits per heavy atom. The van der Waals surface area contributed by atoms with Crippen molar-refractivity contribution in [1.82, 2.24) is 9.55 Å². The van der Waals surface area contributed by atoms with E-state index in [0.717, 1.165) is 34.6 Å². The van der Waals surface area contributed by atoms with E-state index in [1.54, 1.807) is 15.9 Å². The molecule has 0 saturated heterocycles. The first kappa shape index (κ1) is 15.1. The summed E-state index contributed by atoms with van der Waals surface area (Å²) in [6, 6.07) is 0. The normalized spacial score (nSPS) is 18.1. The van der Waals surface area contributed by atoms with Gasteiger partial charge in [-0.1, -0.05) is 18.7 Å². The van der Waals surface area contributed by atoms with Crippen LogP contribution in [0.1, 0.15) is 30.7 Å². The van der Waals surface area contributed by atoms with Crippen LogP contribution in [0.15, 0.2) is 9.95 Å². The first-order valence-electron chi connectivity index (χ1n) is 7.44. The van der Waals surface area contributed by atoms with Crippen molar-refractivity contribution in [3.8, 4) is 0 Å². The van der Waals surface area contributed by atoms with Gasteiger partial charge in [0.25, 0.3) is 5.56 Å². The molecule has 1 N–H and O–H groups in total. The van der Waals surface area contributed by atoms with Crippen molar-refractivity contribution in [2.45, 2.75) is 44.8 Å². The molecule has 0 aromatic carbocycles. The van der Waals surface area contributed by atoms with Crippen LogP contribution in [0.5, 0.6) is 0 Å². The summed E-state index contributed by atoms with van der Waals surface area (Å²) in [5.74, 6) is 1.27. The molecular weight excluding hydrogens is 304 g/mol. The molecule has 1 aliphatic rings. The molecule has 4 nitrogen and oxygen atoms in total. The number of aliphatic hydroxyl groups is 1. The Hall–Kier alpha value is -0.850. The summed E-state index contributed by atoms with van der Waals surface area (Å²) in [5, 5.41) is 10.6. The Kier molecular flexibility index (Phi) is 4.38. The molecule has 0 amide bonds. The standard InChI is InChI=1S/C15H20N2O2S2/c1-3-17-14(19)12-10-5-4-9(2)8-11(10)21-13(12)16-15(17)20-7-6-18/h9,18H,3-8H2,1-2H3/t9-/m1/s1. The van der Waals surface area contributed by atoms with E-state index in [9.17, 15) is 4.79 Å².